The molecular formula is C24H16BCl2F3N4O5. The Hall–Kier alpha value is -3.65. The Balaban J connectivity index is 1.93. The number of nitrogens with zero attached hydrogens (tertiary/aromatic N) is 3. The summed E-state index contributed by atoms with van der Waals surface area (Å²) >= 11 is 11.6. The summed E-state index contributed by atoms with van der Waals surface area (Å²) in [4.78, 5) is 34.4. The molecule has 0 spiro atoms. The third kappa shape index (κ3) is 5.57. The van der Waals surface area contributed by atoms with Gasteiger partial charge >= 0.3 is 6.18 Å². The number of aryl methyl sites for hydroxylation is 1. The highest BCUT2D eigenvalue weighted by molar-refractivity contribution is 6.36. The lowest BCUT2D eigenvalue weighted by atomic mass is 9.93. The van der Waals surface area contributed by atoms with Gasteiger partial charge in [-0.15, -0.1) is 0 Å². The molecule has 0 fully saturated rings. The average molecular weight is 579 g/mol. The lowest BCUT2D eigenvalue weighted by Gasteiger charge is -2.24. The number of carbonyl (C=O) groups is 1. The molecule has 4 rings (SSSR count). The molecule has 0 atom stereocenters. The Kier molecular flexibility index (Phi) is 7.38. The number of carbonyl (C=O) groups excluding carboxylic acids is 1. The maximum atomic E-state index is 13.7. The second kappa shape index (κ2) is 10.2. The van der Waals surface area contributed by atoms with Crippen LogP contribution in [-0.2, 0) is 18.4 Å². The molecule has 4 N–H and O–H groups in total. The number of pyridine rings is 1. The van der Waals surface area contributed by atoms with E-state index < -0.39 is 52.2 Å². The second-order valence-corrected chi connectivity index (χ2v) is 9.21. The van der Waals surface area contributed by atoms with E-state index in [2.05, 4.69) is 15.3 Å². The number of alkyl halides is 3. The van der Waals surface area contributed by atoms with Gasteiger partial charge in [-0.25, -0.2) is 9.97 Å². The summed E-state index contributed by atoms with van der Waals surface area (Å²) in [6, 6.07) is 8.20. The fraction of sp³-hybridized carbons (Fsp3) is 0.167. The number of hydrogen-bond acceptors (Lipinski definition) is 7. The summed E-state index contributed by atoms with van der Waals surface area (Å²) in [5.74, 6) is -2.28. The monoisotopic (exact) mass is 578 g/mol. The second-order valence-electron chi connectivity index (χ2n) is 8.44. The highest BCUT2D eigenvalue weighted by atomic mass is 35.5. The van der Waals surface area contributed by atoms with Crippen molar-refractivity contribution in [3.05, 3.63) is 91.2 Å². The molecule has 0 saturated carbocycles. The normalized spacial score (nSPS) is 12.1. The number of aromatic hydroxyl groups is 1. The minimum Gasteiger partial charge on any atom is -0.504 e. The number of fused-ring (bicyclic) bond motifs is 1. The number of halogens is 5. The Bertz CT molecular complexity index is 1670. The van der Waals surface area contributed by atoms with E-state index in [4.69, 9.17) is 31.0 Å². The van der Waals surface area contributed by atoms with Crippen LogP contribution >= 0.6 is 23.2 Å². The molecule has 2 aromatic heterocycles. The van der Waals surface area contributed by atoms with Crippen molar-refractivity contribution in [3.8, 4) is 5.75 Å². The average Bonchev–Trinajstić information content (AvgIpc) is 2.84. The molecule has 4 aromatic rings. The van der Waals surface area contributed by atoms with E-state index in [0.29, 0.717) is 10.1 Å². The maximum Gasteiger partial charge on any atom is 0.416 e. The summed E-state index contributed by atoms with van der Waals surface area (Å²) in [6.07, 6.45) is -4.78. The van der Waals surface area contributed by atoms with E-state index in [0.717, 1.165) is 24.3 Å². The van der Waals surface area contributed by atoms with Crippen molar-refractivity contribution in [2.45, 2.75) is 25.3 Å². The van der Waals surface area contributed by atoms with Gasteiger partial charge in [-0.3, -0.25) is 14.2 Å². The Labute approximate surface area is 228 Å². The number of anilines is 1. The van der Waals surface area contributed by atoms with Crippen LogP contribution in [0.25, 0.3) is 10.9 Å². The standard InChI is InChI=1S/C24H16BCl2F3N4O5/c1-10-6-7-14(32-20(36)15-8-13(26)18(35)19(27)31-15)16-17(10)33-22(23(25,38)39)34(21(16)37)9-11-4-2-3-5-12(11)24(28,29)30/h2-8,35,38-39H,9H2,1H3,(H,32,36). The molecule has 1 amide bonds. The van der Waals surface area contributed by atoms with E-state index in [1.165, 1.54) is 25.1 Å². The molecule has 9 nitrogen and oxygen atoms in total. The van der Waals surface area contributed by atoms with Crippen molar-refractivity contribution in [1.82, 2.24) is 14.5 Å². The first-order valence-corrected chi connectivity index (χ1v) is 11.6. The summed E-state index contributed by atoms with van der Waals surface area (Å²) in [5, 5.41) is 31.5. The molecule has 0 aliphatic rings. The first-order valence-electron chi connectivity index (χ1n) is 10.9. The molecule has 0 unspecified atom stereocenters. The number of nitrogens with one attached hydrogen (secondary N) is 1. The van der Waals surface area contributed by atoms with Crippen LogP contribution in [0.4, 0.5) is 18.9 Å². The van der Waals surface area contributed by atoms with E-state index in [9.17, 15) is 38.1 Å². The van der Waals surface area contributed by atoms with Crippen LogP contribution in [0.2, 0.25) is 10.2 Å². The highest BCUT2D eigenvalue weighted by Gasteiger charge is 2.34. The fourth-order valence-corrected chi connectivity index (χ4v) is 4.30. The van der Waals surface area contributed by atoms with Gasteiger partial charge in [-0.05, 0) is 36.2 Å². The summed E-state index contributed by atoms with van der Waals surface area (Å²) in [5.41, 5.74) is -5.91. The quantitative estimate of drug-likeness (QED) is 0.161. The summed E-state index contributed by atoms with van der Waals surface area (Å²) in [6.45, 7) is 0.736. The van der Waals surface area contributed by atoms with E-state index in [1.54, 1.807) is 0 Å². The third-order valence-corrected chi connectivity index (χ3v) is 6.23. The van der Waals surface area contributed by atoms with Crippen molar-refractivity contribution in [2.24, 2.45) is 0 Å². The van der Waals surface area contributed by atoms with Crippen LogP contribution in [0.1, 0.15) is 33.0 Å². The predicted molar refractivity (Wildman–Crippen MR) is 137 cm³/mol. The molecule has 15 heteroatoms. The minimum absolute atomic E-state index is 0.110. The van der Waals surface area contributed by atoms with Crippen LogP contribution < -0.4 is 10.9 Å². The van der Waals surface area contributed by atoms with Crippen molar-refractivity contribution >= 4 is 53.5 Å². The largest absolute Gasteiger partial charge is 0.504 e. The zero-order valence-electron chi connectivity index (χ0n) is 19.7. The molecule has 0 aliphatic carbocycles. The fourth-order valence-electron chi connectivity index (χ4n) is 3.87. The smallest absolute Gasteiger partial charge is 0.416 e. The zero-order chi connectivity index (χ0) is 28.9. The third-order valence-electron chi connectivity index (χ3n) is 5.68. The van der Waals surface area contributed by atoms with Crippen LogP contribution in [0.3, 0.4) is 0 Å². The first kappa shape index (κ1) is 28.4. The number of benzene rings is 2. The SMILES string of the molecule is [B]C(O)(O)c1nc2c(C)ccc(NC(=O)c3cc(Cl)c(O)c(Cl)n3)c2c(=O)n1Cc1ccccc1C(F)(F)F. The Morgan fingerprint density at radius 2 is 1.79 bits per heavy atom. The molecule has 2 heterocycles. The maximum absolute atomic E-state index is 13.7. The van der Waals surface area contributed by atoms with Crippen LogP contribution in [0, 0.1) is 6.92 Å². The van der Waals surface area contributed by atoms with Crippen molar-refractivity contribution in [2.75, 3.05) is 5.32 Å². The molecule has 39 heavy (non-hydrogen) atoms. The van der Waals surface area contributed by atoms with Gasteiger partial charge in [0.15, 0.2) is 30.3 Å². The molecule has 0 bridgehead atoms. The Morgan fingerprint density at radius 1 is 1.13 bits per heavy atom. The zero-order valence-corrected chi connectivity index (χ0v) is 21.2. The molecule has 0 aliphatic heterocycles. The van der Waals surface area contributed by atoms with Gasteiger partial charge in [0.1, 0.15) is 5.69 Å². The predicted octanol–water partition coefficient (Wildman–Crippen LogP) is 3.70. The molecule has 2 aromatic carbocycles. The van der Waals surface area contributed by atoms with E-state index in [1.807, 2.05) is 0 Å². The van der Waals surface area contributed by atoms with Crippen LogP contribution in [-0.4, -0.2) is 43.6 Å². The highest BCUT2D eigenvalue weighted by Crippen LogP contribution is 2.33. The first-order chi connectivity index (χ1) is 18.1. The summed E-state index contributed by atoms with van der Waals surface area (Å²) < 4.78 is 41.5. The Morgan fingerprint density at radius 3 is 2.41 bits per heavy atom. The molecule has 200 valence electrons. The lowest BCUT2D eigenvalue weighted by molar-refractivity contribution is -0.138. The summed E-state index contributed by atoms with van der Waals surface area (Å²) in [7, 11) is 5.42. The number of hydrogen-bond donors (Lipinski definition) is 4. The molecule has 0 saturated heterocycles. The van der Waals surface area contributed by atoms with E-state index >= 15 is 0 Å². The van der Waals surface area contributed by atoms with Gasteiger partial charge in [0, 0.05) is 0 Å². The van der Waals surface area contributed by atoms with Crippen molar-refractivity contribution < 1.29 is 33.3 Å². The van der Waals surface area contributed by atoms with E-state index in [-0.39, 0.29) is 32.9 Å². The van der Waals surface area contributed by atoms with Crippen molar-refractivity contribution in [1.29, 1.82) is 0 Å². The van der Waals surface area contributed by atoms with Gasteiger partial charge in [-0.2, -0.15) is 13.2 Å². The minimum atomic E-state index is -4.78. The number of amides is 1. The van der Waals surface area contributed by atoms with Crippen LogP contribution in [0.5, 0.6) is 5.75 Å². The van der Waals surface area contributed by atoms with Gasteiger partial charge in [0.05, 0.1) is 33.7 Å². The van der Waals surface area contributed by atoms with Crippen LogP contribution in [0.15, 0.2) is 47.3 Å². The number of aromatic nitrogens is 3. The molecule has 2 radical (unpaired) electrons. The van der Waals surface area contributed by atoms with Crippen molar-refractivity contribution in [3.63, 3.8) is 0 Å². The van der Waals surface area contributed by atoms with Gasteiger partial charge < -0.3 is 20.6 Å². The number of aliphatic hydroxyl groups is 2. The lowest BCUT2D eigenvalue weighted by Crippen LogP contribution is -2.38. The van der Waals surface area contributed by atoms with Gasteiger partial charge in [-0.1, -0.05) is 47.5 Å². The van der Waals surface area contributed by atoms with Gasteiger partial charge in [0.2, 0.25) is 0 Å². The topological polar surface area (TPSA) is 138 Å². The van der Waals surface area contributed by atoms with Gasteiger partial charge in [0.25, 0.3) is 11.5 Å². The molecular weight excluding hydrogens is 563 g/mol. The number of rotatable bonds is 5.